The highest BCUT2D eigenvalue weighted by atomic mass is 32.2. The van der Waals surface area contributed by atoms with Crippen molar-refractivity contribution in [1.29, 1.82) is 0 Å². The number of anilines is 1. The molecule has 1 fully saturated rings. The molecule has 1 N–H and O–H groups in total. The molecule has 1 amide bonds. The Kier molecular flexibility index (Phi) is 5.39. The standard InChI is InChI=1S/C20H24F2N4O3S/c1-30(28,29)9-8-26-13-14(11-23-26)12-25-6-4-20(5-7-25)16-10-15(18(21)22)2-3-17(16)24-19(20)27/h2-3,10-11,13,18H,4-9,12H2,1H3,(H,24,27). The number of nitrogens with zero attached hydrogens (tertiary/aromatic N) is 3. The van der Waals surface area contributed by atoms with Gasteiger partial charge >= 0.3 is 0 Å². The minimum absolute atomic E-state index is 0.0372. The van der Waals surface area contributed by atoms with Gasteiger partial charge in [0.05, 0.1) is 23.9 Å². The van der Waals surface area contributed by atoms with E-state index in [0.717, 1.165) is 5.56 Å². The van der Waals surface area contributed by atoms with E-state index in [1.807, 2.05) is 6.20 Å². The fourth-order valence-electron chi connectivity index (χ4n) is 4.28. The van der Waals surface area contributed by atoms with Gasteiger partial charge in [-0.3, -0.25) is 14.4 Å². The van der Waals surface area contributed by atoms with Crippen molar-refractivity contribution in [3.05, 3.63) is 47.3 Å². The number of hydrogen-bond acceptors (Lipinski definition) is 5. The van der Waals surface area contributed by atoms with Crippen LogP contribution in [-0.4, -0.2) is 54.1 Å². The van der Waals surface area contributed by atoms with Gasteiger partial charge in [-0.25, -0.2) is 17.2 Å². The highest BCUT2D eigenvalue weighted by Crippen LogP contribution is 2.46. The van der Waals surface area contributed by atoms with Crippen LogP contribution in [0.2, 0.25) is 0 Å². The molecule has 1 aromatic carbocycles. The van der Waals surface area contributed by atoms with E-state index in [9.17, 15) is 22.0 Å². The van der Waals surface area contributed by atoms with E-state index in [-0.39, 0.29) is 17.2 Å². The summed E-state index contributed by atoms with van der Waals surface area (Å²) in [4.78, 5) is 14.9. The monoisotopic (exact) mass is 438 g/mol. The van der Waals surface area contributed by atoms with Crippen LogP contribution >= 0.6 is 0 Å². The molecule has 0 radical (unpaired) electrons. The van der Waals surface area contributed by atoms with E-state index in [1.165, 1.54) is 18.4 Å². The zero-order valence-electron chi connectivity index (χ0n) is 16.6. The Bertz CT molecular complexity index is 1060. The molecule has 2 aromatic rings. The second kappa shape index (κ2) is 7.73. The minimum Gasteiger partial charge on any atom is -0.325 e. The third-order valence-electron chi connectivity index (χ3n) is 5.99. The van der Waals surface area contributed by atoms with E-state index in [0.29, 0.717) is 50.3 Å². The lowest BCUT2D eigenvalue weighted by molar-refractivity contribution is -0.122. The Morgan fingerprint density at radius 1 is 1.27 bits per heavy atom. The van der Waals surface area contributed by atoms with Crippen molar-refractivity contribution < 1.29 is 22.0 Å². The Balaban J connectivity index is 1.42. The van der Waals surface area contributed by atoms with Gasteiger partial charge in [0.1, 0.15) is 9.84 Å². The van der Waals surface area contributed by atoms with Crippen molar-refractivity contribution in [1.82, 2.24) is 14.7 Å². The van der Waals surface area contributed by atoms with Crippen molar-refractivity contribution in [2.75, 3.05) is 30.4 Å². The predicted octanol–water partition coefficient (Wildman–Crippen LogP) is 2.35. The summed E-state index contributed by atoms with van der Waals surface area (Å²) in [5.41, 5.74) is 1.46. The van der Waals surface area contributed by atoms with Crippen LogP contribution in [0, 0.1) is 0 Å². The fraction of sp³-hybridized carbons (Fsp3) is 0.500. The molecule has 30 heavy (non-hydrogen) atoms. The van der Waals surface area contributed by atoms with Crippen LogP contribution in [0.25, 0.3) is 0 Å². The van der Waals surface area contributed by atoms with E-state index in [1.54, 1.807) is 16.9 Å². The minimum atomic E-state index is -3.05. The summed E-state index contributed by atoms with van der Waals surface area (Å²) >= 11 is 0. The Morgan fingerprint density at radius 3 is 2.67 bits per heavy atom. The number of alkyl halides is 2. The number of nitrogens with one attached hydrogen (secondary N) is 1. The number of carbonyl (C=O) groups is 1. The lowest BCUT2D eigenvalue weighted by Crippen LogP contribution is -2.46. The lowest BCUT2D eigenvalue weighted by atomic mass is 9.73. The molecule has 0 saturated carbocycles. The third kappa shape index (κ3) is 4.11. The second-order valence-electron chi connectivity index (χ2n) is 8.16. The Labute approximate surface area is 174 Å². The smallest absolute Gasteiger partial charge is 0.263 e. The number of halogens is 2. The number of likely N-dealkylation sites (tertiary alicyclic amines) is 1. The largest absolute Gasteiger partial charge is 0.325 e. The molecule has 2 aliphatic rings. The molecule has 0 aliphatic carbocycles. The van der Waals surface area contributed by atoms with Gasteiger partial charge in [0, 0.05) is 35.8 Å². The number of aryl methyl sites for hydroxylation is 1. The van der Waals surface area contributed by atoms with Crippen LogP contribution < -0.4 is 5.32 Å². The first-order valence-electron chi connectivity index (χ1n) is 9.82. The van der Waals surface area contributed by atoms with Gasteiger partial charge in [-0.1, -0.05) is 6.07 Å². The number of benzene rings is 1. The molecule has 1 saturated heterocycles. The molecule has 0 bridgehead atoms. The maximum Gasteiger partial charge on any atom is 0.263 e. The number of amides is 1. The molecule has 1 spiro atoms. The van der Waals surface area contributed by atoms with Crippen LogP contribution in [0.15, 0.2) is 30.6 Å². The SMILES string of the molecule is CS(=O)(=O)CCn1cc(CN2CCC3(CC2)C(=O)Nc2ccc(C(F)F)cc23)cn1. The molecular weight excluding hydrogens is 414 g/mol. The van der Waals surface area contributed by atoms with Gasteiger partial charge in [-0.15, -0.1) is 0 Å². The third-order valence-corrected chi connectivity index (χ3v) is 6.91. The summed E-state index contributed by atoms with van der Waals surface area (Å²) in [5, 5.41) is 7.07. The van der Waals surface area contributed by atoms with Gasteiger partial charge in [0.15, 0.2) is 0 Å². The fourth-order valence-corrected chi connectivity index (χ4v) is 4.80. The number of sulfone groups is 1. The number of piperidine rings is 1. The number of carbonyl (C=O) groups excluding carboxylic acids is 1. The van der Waals surface area contributed by atoms with Crippen molar-refractivity contribution in [2.45, 2.75) is 37.8 Å². The van der Waals surface area contributed by atoms with Crippen LogP contribution in [-0.2, 0) is 33.1 Å². The quantitative estimate of drug-likeness (QED) is 0.749. The van der Waals surface area contributed by atoms with Crippen molar-refractivity contribution >= 4 is 21.4 Å². The molecule has 4 rings (SSSR count). The maximum absolute atomic E-state index is 13.2. The van der Waals surface area contributed by atoms with Gasteiger partial charge in [0.2, 0.25) is 5.91 Å². The average molecular weight is 439 g/mol. The van der Waals surface area contributed by atoms with Crippen LogP contribution in [0.3, 0.4) is 0 Å². The normalized spacial score (nSPS) is 18.7. The Morgan fingerprint density at radius 2 is 2.00 bits per heavy atom. The first-order chi connectivity index (χ1) is 14.2. The number of rotatable bonds is 6. The summed E-state index contributed by atoms with van der Waals surface area (Å²) in [5.74, 6) is -0.0766. The van der Waals surface area contributed by atoms with E-state index in [2.05, 4.69) is 15.3 Å². The predicted molar refractivity (Wildman–Crippen MR) is 108 cm³/mol. The number of fused-ring (bicyclic) bond motifs is 2. The molecule has 162 valence electrons. The number of hydrogen-bond donors (Lipinski definition) is 1. The van der Waals surface area contributed by atoms with Crippen molar-refractivity contribution in [2.24, 2.45) is 0 Å². The summed E-state index contributed by atoms with van der Waals surface area (Å²) < 4.78 is 50.5. The number of aromatic nitrogens is 2. The van der Waals surface area contributed by atoms with Crippen LogP contribution in [0.1, 0.15) is 36.0 Å². The van der Waals surface area contributed by atoms with Gasteiger partial charge in [0.25, 0.3) is 6.43 Å². The highest BCUT2D eigenvalue weighted by molar-refractivity contribution is 7.90. The van der Waals surface area contributed by atoms with Gasteiger partial charge < -0.3 is 5.32 Å². The first-order valence-corrected chi connectivity index (χ1v) is 11.9. The summed E-state index contributed by atoms with van der Waals surface area (Å²) in [6.07, 6.45) is 3.30. The second-order valence-corrected chi connectivity index (χ2v) is 10.4. The summed E-state index contributed by atoms with van der Waals surface area (Å²) in [7, 11) is -3.05. The van der Waals surface area contributed by atoms with Crippen molar-refractivity contribution in [3.8, 4) is 0 Å². The summed E-state index contributed by atoms with van der Waals surface area (Å²) in [6, 6.07) is 4.40. The molecular formula is C20H24F2N4O3S. The zero-order chi connectivity index (χ0) is 21.5. The molecule has 0 unspecified atom stereocenters. The molecule has 3 heterocycles. The molecule has 0 atom stereocenters. The molecule has 7 nitrogen and oxygen atoms in total. The molecule has 2 aliphatic heterocycles. The average Bonchev–Trinajstić information content (AvgIpc) is 3.24. The topological polar surface area (TPSA) is 84.3 Å². The first kappa shape index (κ1) is 20.9. The van der Waals surface area contributed by atoms with Gasteiger partial charge in [-0.2, -0.15) is 5.10 Å². The van der Waals surface area contributed by atoms with E-state index in [4.69, 9.17) is 0 Å². The zero-order valence-corrected chi connectivity index (χ0v) is 17.5. The van der Waals surface area contributed by atoms with Crippen LogP contribution in [0.5, 0.6) is 0 Å². The molecule has 10 heteroatoms. The van der Waals surface area contributed by atoms with Gasteiger partial charge in [-0.05, 0) is 43.6 Å². The van der Waals surface area contributed by atoms with E-state index < -0.39 is 21.7 Å². The van der Waals surface area contributed by atoms with E-state index >= 15 is 0 Å². The Hall–Kier alpha value is -2.33. The summed E-state index contributed by atoms with van der Waals surface area (Å²) in [6.45, 7) is 2.26. The van der Waals surface area contributed by atoms with Crippen LogP contribution in [0.4, 0.5) is 14.5 Å². The molecule has 1 aromatic heterocycles. The van der Waals surface area contributed by atoms with Crippen molar-refractivity contribution in [3.63, 3.8) is 0 Å². The maximum atomic E-state index is 13.2. The lowest BCUT2D eigenvalue weighted by Gasteiger charge is -2.38. The highest BCUT2D eigenvalue weighted by Gasteiger charge is 2.48.